The maximum absolute atomic E-state index is 13.5. The Kier molecular flexibility index (Phi) is 6.90. The Bertz CT molecular complexity index is 1190. The first-order chi connectivity index (χ1) is 16.6. The third kappa shape index (κ3) is 5.35. The molecule has 0 bridgehead atoms. The standard InChI is InChI=1S/C22H24F3N5O4S/c1-13-11-26-17(35-13)12-30-18-19(28(3)14(2)29(20(18)32)9-4-10-31)27-21(30)33-15-5-7-16(8-6-15)34-22(23,24)25/h5,7-8,11,15,31H,2,4,6,9-10,12H2,1,3H3. The van der Waals surface area contributed by atoms with Gasteiger partial charge in [-0.05, 0) is 31.6 Å². The molecule has 0 aromatic carbocycles. The van der Waals surface area contributed by atoms with Gasteiger partial charge in [0.05, 0.1) is 6.54 Å². The molecule has 0 fully saturated rings. The lowest BCUT2D eigenvalue weighted by atomic mass is 10.1. The minimum absolute atomic E-state index is 0.0821. The van der Waals surface area contributed by atoms with E-state index < -0.39 is 12.5 Å². The number of aliphatic hydroxyl groups excluding tert-OH is 1. The van der Waals surface area contributed by atoms with E-state index in [2.05, 4.69) is 21.3 Å². The number of carbonyl (C=O) groups excluding carboxylic acids is 1. The molecule has 1 unspecified atom stereocenters. The van der Waals surface area contributed by atoms with Crippen molar-refractivity contribution in [2.24, 2.45) is 0 Å². The summed E-state index contributed by atoms with van der Waals surface area (Å²) in [6, 6.07) is 0.128. The highest BCUT2D eigenvalue weighted by Gasteiger charge is 2.38. The number of aromatic nitrogens is 3. The highest BCUT2D eigenvalue weighted by Crippen LogP contribution is 2.36. The average molecular weight is 512 g/mol. The fourth-order valence-corrected chi connectivity index (χ4v) is 4.51. The molecule has 2 aromatic heterocycles. The predicted molar refractivity (Wildman–Crippen MR) is 122 cm³/mol. The van der Waals surface area contributed by atoms with Crippen molar-refractivity contribution in [2.45, 2.75) is 38.8 Å². The SMILES string of the molecule is C=C1N(CCCO)C(=O)c2c(nc(OC3C=CC(OC(F)(F)F)=CC3)n2Cc2ncc(C)s2)N1C. The number of carbonyl (C=O) groups is 1. The number of nitrogens with zero attached hydrogens (tertiary/aromatic N) is 5. The third-order valence-corrected chi connectivity index (χ3v) is 6.30. The number of imidazole rings is 1. The molecule has 3 heterocycles. The first-order valence-corrected chi connectivity index (χ1v) is 11.6. The van der Waals surface area contributed by atoms with E-state index >= 15 is 0 Å². The van der Waals surface area contributed by atoms with Crippen LogP contribution in [0, 0.1) is 6.92 Å². The smallest absolute Gasteiger partial charge is 0.457 e. The Labute approximate surface area is 203 Å². The van der Waals surface area contributed by atoms with Gasteiger partial charge in [0.25, 0.3) is 11.9 Å². The second-order valence-corrected chi connectivity index (χ2v) is 9.25. The van der Waals surface area contributed by atoms with Crippen LogP contribution in [-0.2, 0) is 11.3 Å². The van der Waals surface area contributed by atoms with Crippen LogP contribution in [0.25, 0.3) is 0 Å². The highest BCUT2D eigenvalue weighted by molar-refractivity contribution is 7.11. The first kappa shape index (κ1) is 24.8. The van der Waals surface area contributed by atoms with Gasteiger partial charge in [0.1, 0.15) is 22.7 Å². The summed E-state index contributed by atoms with van der Waals surface area (Å²) in [5, 5.41) is 9.97. The van der Waals surface area contributed by atoms with Crippen molar-refractivity contribution < 1.29 is 32.5 Å². The van der Waals surface area contributed by atoms with Crippen LogP contribution in [0.15, 0.2) is 42.6 Å². The fourth-order valence-electron chi connectivity index (χ4n) is 3.73. The van der Waals surface area contributed by atoms with E-state index in [1.807, 2.05) is 6.92 Å². The summed E-state index contributed by atoms with van der Waals surface area (Å²) in [7, 11) is 1.72. The fraction of sp³-hybridized carbons (Fsp3) is 0.409. The van der Waals surface area contributed by atoms with E-state index in [-0.39, 0.29) is 49.5 Å². The molecular weight excluding hydrogens is 487 g/mol. The lowest BCUT2D eigenvalue weighted by molar-refractivity contribution is -0.303. The van der Waals surface area contributed by atoms with Crippen molar-refractivity contribution in [3.05, 3.63) is 58.2 Å². The molecule has 0 saturated heterocycles. The molecule has 2 aliphatic rings. The van der Waals surface area contributed by atoms with Crippen LogP contribution < -0.4 is 9.64 Å². The number of anilines is 1. The Morgan fingerprint density at radius 1 is 1.37 bits per heavy atom. The first-order valence-electron chi connectivity index (χ1n) is 10.8. The topological polar surface area (TPSA) is 92.9 Å². The van der Waals surface area contributed by atoms with Crippen LogP contribution in [0.2, 0.25) is 0 Å². The number of rotatable bonds is 8. The number of halogens is 3. The Morgan fingerprint density at radius 2 is 2.14 bits per heavy atom. The van der Waals surface area contributed by atoms with E-state index in [1.165, 1.54) is 34.5 Å². The summed E-state index contributed by atoms with van der Waals surface area (Å²) in [6.07, 6.45) is 0.744. The zero-order valence-corrected chi connectivity index (χ0v) is 19.9. The van der Waals surface area contributed by atoms with Crippen molar-refractivity contribution in [1.82, 2.24) is 19.4 Å². The predicted octanol–water partition coefficient (Wildman–Crippen LogP) is 3.57. The summed E-state index contributed by atoms with van der Waals surface area (Å²) >= 11 is 1.46. The average Bonchev–Trinajstić information content (AvgIpc) is 3.36. The number of aryl methyl sites for hydroxylation is 1. The maximum atomic E-state index is 13.5. The molecule has 35 heavy (non-hydrogen) atoms. The van der Waals surface area contributed by atoms with Crippen LogP contribution in [0.1, 0.15) is 33.2 Å². The molecule has 2 aromatic rings. The van der Waals surface area contributed by atoms with Gasteiger partial charge in [-0.2, -0.15) is 4.98 Å². The van der Waals surface area contributed by atoms with E-state index in [0.717, 1.165) is 9.88 Å². The van der Waals surface area contributed by atoms with Crippen LogP contribution >= 0.6 is 11.3 Å². The zero-order valence-electron chi connectivity index (χ0n) is 19.1. The molecule has 0 saturated carbocycles. The third-order valence-electron chi connectivity index (χ3n) is 5.40. The zero-order chi connectivity index (χ0) is 25.3. The minimum atomic E-state index is -4.78. The number of fused-ring (bicyclic) bond motifs is 1. The molecule has 1 amide bonds. The van der Waals surface area contributed by atoms with Gasteiger partial charge in [0.15, 0.2) is 11.5 Å². The number of alkyl halides is 3. The monoisotopic (exact) mass is 511 g/mol. The number of aliphatic hydroxyl groups is 1. The van der Waals surface area contributed by atoms with E-state index in [0.29, 0.717) is 18.1 Å². The molecule has 4 rings (SSSR count). The van der Waals surface area contributed by atoms with Crippen LogP contribution in [0.5, 0.6) is 6.01 Å². The van der Waals surface area contributed by atoms with Crippen molar-refractivity contribution in [1.29, 1.82) is 0 Å². The number of ether oxygens (including phenoxy) is 2. The number of hydrogen-bond donors (Lipinski definition) is 1. The Balaban J connectivity index is 1.66. The Hall–Kier alpha value is -3.32. The van der Waals surface area contributed by atoms with Gasteiger partial charge in [0.2, 0.25) is 0 Å². The summed E-state index contributed by atoms with van der Waals surface area (Å²) in [5.74, 6) is 0.0998. The van der Waals surface area contributed by atoms with Gasteiger partial charge in [0, 0.05) is 37.7 Å². The molecule has 1 atom stereocenters. The van der Waals surface area contributed by atoms with E-state index in [1.54, 1.807) is 22.7 Å². The van der Waals surface area contributed by atoms with Gasteiger partial charge in [-0.3, -0.25) is 14.3 Å². The second kappa shape index (κ2) is 9.74. The molecule has 188 valence electrons. The normalized spacial score (nSPS) is 18.1. The largest absolute Gasteiger partial charge is 0.573 e. The van der Waals surface area contributed by atoms with Gasteiger partial charge >= 0.3 is 6.36 Å². The lowest BCUT2D eigenvalue weighted by Crippen LogP contribution is -2.44. The number of allylic oxidation sites excluding steroid dienone is 1. The molecule has 0 radical (unpaired) electrons. The number of amides is 1. The molecule has 1 N–H and O–H groups in total. The lowest BCUT2D eigenvalue weighted by Gasteiger charge is -2.35. The quantitative estimate of drug-likeness (QED) is 0.579. The highest BCUT2D eigenvalue weighted by atomic mass is 32.1. The van der Waals surface area contributed by atoms with Gasteiger partial charge in [-0.1, -0.05) is 6.58 Å². The maximum Gasteiger partial charge on any atom is 0.573 e. The summed E-state index contributed by atoms with van der Waals surface area (Å²) in [5.41, 5.74) is 0.275. The molecule has 1 aliphatic heterocycles. The van der Waals surface area contributed by atoms with Crippen LogP contribution in [-0.4, -0.2) is 63.1 Å². The molecule has 13 heteroatoms. The van der Waals surface area contributed by atoms with Crippen molar-refractivity contribution in [3.63, 3.8) is 0 Å². The van der Waals surface area contributed by atoms with Crippen LogP contribution in [0.4, 0.5) is 19.0 Å². The molecular formula is C22H24F3N5O4S. The van der Waals surface area contributed by atoms with Gasteiger partial charge in [-0.25, -0.2) is 4.98 Å². The van der Waals surface area contributed by atoms with E-state index in [4.69, 9.17) is 4.74 Å². The van der Waals surface area contributed by atoms with Gasteiger partial charge < -0.3 is 19.5 Å². The van der Waals surface area contributed by atoms with Crippen molar-refractivity contribution in [2.75, 3.05) is 25.1 Å². The number of hydrogen-bond acceptors (Lipinski definition) is 8. The van der Waals surface area contributed by atoms with E-state index in [9.17, 15) is 23.1 Å². The van der Waals surface area contributed by atoms with Crippen LogP contribution in [0.3, 0.4) is 0 Å². The molecule has 0 spiro atoms. The molecule has 9 nitrogen and oxygen atoms in total. The molecule has 1 aliphatic carbocycles. The summed E-state index contributed by atoms with van der Waals surface area (Å²) < 4.78 is 49.0. The number of thiazole rings is 1. The van der Waals surface area contributed by atoms with Gasteiger partial charge in [-0.15, -0.1) is 24.5 Å². The Morgan fingerprint density at radius 3 is 2.74 bits per heavy atom. The summed E-state index contributed by atoms with van der Waals surface area (Å²) in [4.78, 5) is 26.5. The van der Waals surface area contributed by atoms with Crippen molar-refractivity contribution in [3.8, 4) is 6.01 Å². The minimum Gasteiger partial charge on any atom is -0.457 e. The summed E-state index contributed by atoms with van der Waals surface area (Å²) in [6.45, 7) is 6.30. The van der Waals surface area contributed by atoms with Crippen molar-refractivity contribution >= 4 is 23.1 Å². The second-order valence-electron chi connectivity index (χ2n) is 7.93.